The summed E-state index contributed by atoms with van der Waals surface area (Å²) in [7, 11) is 3.40. The van der Waals surface area contributed by atoms with E-state index in [1.54, 1.807) is 23.6 Å². The number of amides is 1. The summed E-state index contributed by atoms with van der Waals surface area (Å²) in [5.41, 5.74) is 2.93. The van der Waals surface area contributed by atoms with Crippen molar-refractivity contribution in [2.45, 2.75) is 18.6 Å². The topological polar surface area (TPSA) is 103 Å². The summed E-state index contributed by atoms with van der Waals surface area (Å²) in [6.07, 6.45) is 0. The molecule has 164 valence electrons. The molecule has 0 saturated heterocycles. The molecule has 1 heterocycles. The van der Waals surface area contributed by atoms with Gasteiger partial charge in [0.15, 0.2) is 18.1 Å². The predicted octanol–water partition coefficient (Wildman–Crippen LogP) is 2.43. The van der Waals surface area contributed by atoms with Crippen LogP contribution in [0.15, 0.2) is 47.6 Å². The average Bonchev–Trinajstić information content (AvgIpc) is 3.18. The number of hydrogen-bond donors (Lipinski definition) is 2. The van der Waals surface area contributed by atoms with Gasteiger partial charge in [0.05, 0.1) is 7.11 Å². The smallest absolute Gasteiger partial charge is 0.262 e. The number of aromatic nitrogens is 4. The monoisotopic (exact) mass is 442 g/mol. The van der Waals surface area contributed by atoms with E-state index in [0.29, 0.717) is 18.0 Å². The number of hydrogen-bond acceptors (Lipinski definition) is 8. The number of ether oxygens (including phenoxy) is 2. The van der Waals surface area contributed by atoms with E-state index in [-0.39, 0.29) is 12.5 Å². The Kier molecular flexibility index (Phi) is 8.25. The highest BCUT2D eigenvalue weighted by atomic mass is 32.2. The van der Waals surface area contributed by atoms with Crippen LogP contribution >= 0.6 is 11.8 Å². The highest BCUT2D eigenvalue weighted by Crippen LogP contribution is 2.28. The van der Waals surface area contributed by atoms with Gasteiger partial charge in [0.1, 0.15) is 0 Å². The molecule has 2 aromatic carbocycles. The van der Waals surface area contributed by atoms with Crippen LogP contribution in [0, 0.1) is 6.92 Å². The Labute approximate surface area is 185 Å². The number of tetrazole rings is 1. The van der Waals surface area contributed by atoms with Crippen molar-refractivity contribution in [3.63, 3.8) is 0 Å². The Hall–Kier alpha value is -3.11. The molecule has 0 bridgehead atoms. The lowest BCUT2D eigenvalue weighted by Gasteiger charge is -2.13. The molecule has 1 amide bonds. The van der Waals surface area contributed by atoms with Gasteiger partial charge in [-0.1, -0.05) is 35.5 Å². The number of nitrogens with zero attached hydrogens (tertiary/aromatic N) is 4. The van der Waals surface area contributed by atoms with Crippen LogP contribution in [0.5, 0.6) is 11.5 Å². The maximum Gasteiger partial charge on any atom is 0.262 e. The van der Waals surface area contributed by atoms with E-state index >= 15 is 0 Å². The molecular weight excluding hydrogens is 416 g/mol. The molecule has 0 spiro atoms. The first-order valence-electron chi connectivity index (χ1n) is 9.77. The normalized spacial score (nSPS) is 10.7. The molecule has 2 N–H and O–H groups in total. The minimum atomic E-state index is -0.229. The minimum absolute atomic E-state index is 0.101. The molecule has 9 nitrogen and oxygen atoms in total. The van der Waals surface area contributed by atoms with Gasteiger partial charge in [0.2, 0.25) is 5.16 Å². The molecule has 0 aliphatic heterocycles. The third-order valence-corrected chi connectivity index (χ3v) is 5.35. The molecule has 0 atom stereocenters. The van der Waals surface area contributed by atoms with Crippen molar-refractivity contribution in [1.82, 2.24) is 25.5 Å². The van der Waals surface area contributed by atoms with Crippen molar-refractivity contribution < 1.29 is 14.3 Å². The molecule has 0 radical (unpaired) electrons. The fraction of sp³-hybridized carbons (Fsp3) is 0.333. The van der Waals surface area contributed by atoms with E-state index in [9.17, 15) is 4.79 Å². The second-order valence-corrected chi connectivity index (χ2v) is 7.86. The number of carbonyl (C=O) groups excluding carboxylic acids is 1. The summed E-state index contributed by atoms with van der Waals surface area (Å²) in [5.74, 6) is 1.73. The second kappa shape index (κ2) is 11.3. The summed E-state index contributed by atoms with van der Waals surface area (Å²) in [5, 5.41) is 18.3. The first kappa shape index (κ1) is 22.6. The molecule has 31 heavy (non-hydrogen) atoms. The number of methoxy groups -OCH3 is 1. The molecular formula is C21H26N6O3S. The first-order valence-corrected chi connectivity index (χ1v) is 10.8. The lowest BCUT2D eigenvalue weighted by molar-refractivity contribution is -0.118. The molecule has 10 heteroatoms. The van der Waals surface area contributed by atoms with Crippen LogP contribution in [0.2, 0.25) is 0 Å². The summed E-state index contributed by atoms with van der Waals surface area (Å²) < 4.78 is 12.7. The van der Waals surface area contributed by atoms with Gasteiger partial charge in [-0.25, -0.2) is 4.68 Å². The van der Waals surface area contributed by atoms with Crippen LogP contribution in [0.25, 0.3) is 0 Å². The van der Waals surface area contributed by atoms with Gasteiger partial charge in [-0.2, -0.15) is 0 Å². The van der Waals surface area contributed by atoms with Gasteiger partial charge in [-0.15, -0.1) is 5.10 Å². The van der Waals surface area contributed by atoms with Crippen molar-refractivity contribution in [3.05, 3.63) is 53.6 Å². The highest BCUT2D eigenvalue weighted by molar-refractivity contribution is 7.99. The number of nitrogens with one attached hydrogen (secondary N) is 2. The highest BCUT2D eigenvalue weighted by Gasteiger charge is 2.09. The third kappa shape index (κ3) is 6.97. The maximum atomic E-state index is 12.1. The number of anilines is 1. The summed E-state index contributed by atoms with van der Waals surface area (Å²) >= 11 is 1.59. The molecule has 0 unspecified atom stereocenters. The van der Waals surface area contributed by atoms with Crippen LogP contribution in [-0.2, 0) is 18.4 Å². The van der Waals surface area contributed by atoms with Crippen LogP contribution in [0.1, 0.15) is 11.1 Å². The summed E-state index contributed by atoms with van der Waals surface area (Å²) in [6, 6.07) is 13.3. The Morgan fingerprint density at radius 2 is 1.97 bits per heavy atom. The van der Waals surface area contributed by atoms with E-state index in [0.717, 1.165) is 34.3 Å². The number of rotatable bonds is 11. The van der Waals surface area contributed by atoms with Gasteiger partial charge in [-0.05, 0) is 47.2 Å². The molecule has 3 aromatic rings. The SMILES string of the molecule is COc1cc(CNCCSc2nnnn2C)ccc1OCC(=O)Nc1ccc(C)cc1. The second-order valence-electron chi connectivity index (χ2n) is 6.80. The van der Waals surface area contributed by atoms with Crippen LogP contribution in [0.3, 0.4) is 0 Å². The number of carbonyl (C=O) groups is 1. The van der Waals surface area contributed by atoms with Crippen molar-refractivity contribution in [2.75, 3.05) is 31.3 Å². The van der Waals surface area contributed by atoms with Crippen molar-refractivity contribution in [1.29, 1.82) is 0 Å². The van der Waals surface area contributed by atoms with Crippen molar-refractivity contribution in [3.8, 4) is 11.5 Å². The number of benzene rings is 2. The fourth-order valence-electron chi connectivity index (χ4n) is 2.71. The Bertz CT molecular complexity index is 993. The lowest BCUT2D eigenvalue weighted by Crippen LogP contribution is -2.20. The zero-order valence-electron chi connectivity index (χ0n) is 17.8. The summed E-state index contributed by atoms with van der Waals surface area (Å²) in [6.45, 7) is 3.38. The number of aryl methyl sites for hydroxylation is 2. The minimum Gasteiger partial charge on any atom is -0.493 e. The Morgan fingerprint density at radius 1 is 1.16 bits per heavy atom. The molecule has 0 fully saturated rings. The van der Waals surface area contributed by atoms with Gasteiger partial charge in [0.25, 0.3) is 5.91 Å². The molecule has 3 rings (SSSR count). The molecule has 0 aliphatic carbocycles. The van der Waals surface area contributed by atoms with Gasteiger partial charge in [0, 0.05) is 31.6 Å². The molecule has 0 saturated carbocycles. The largest absolute Gasteiger partial charge is 0.493 e. The Morgan fingerprint density at radius 3 is 2.68 bits per heavy atom. The van der Waals surface area contributed by atoms with E-state index < -0.39 is 0 Å². The standard InChI is InChI=1S/C21H26N6O3S/c1-15-4-7-17(8-5-15)23-20(28)14-30-18-9-6-16(12-19(18)29-3)13-22-10-11-31-21-24-25-26-27(21)2/h4-9,12,22H,10-11,13-14H2,1-3H3,(H,23,28). The maximum absolute atomic E-state index is 12.1. The van der Waals surface area contributed by atoms with Crippen molar-refractivity contribution >= 4 is 23.4 Å². The fourth-order valence-corrected chi connectivity index (χ4v) is 3.46. The average molecular weight is 443 g/mol. The zero-order chi connectivity index (χ0) is 22.1. The van der Waals surface area contributed by atoms with Crippen LogP contribution in [0.4, 0.5) is 5.69 Å². The number of thioether (sulfide) groups is 1. The lowest BCUT2D eigenvalue weighted by atomic mass is 10.2. The van der Waals surface area contributed by atoms with Gasteiger partial charge < -0.3 is 20.1 Å². The van der Waals surface area contributed by atoms with E-state index in [1.165, 1.54) is 0 Å². The Balaban J connectivity index is 1.43. The third-order valence-electron chi connectivity index (χ3n) is 4.34. The van der Waals surface area contributed by atoms with Crippen molar-refractivity contribution in [2.24, 2.45) is 7.05 Å². The van der Waals surface area contributed by atoms with E-state index in [1.807, 2.05) is 56.4 Å². The molecule has 1 aromatic heterocycles. The summed E-state index contributed by atoms with van der Waals surface area (Å²) in [4.78, 5) is 12.1. The van der Waals surface area contributed by atoms with Gasteiger partial charge >= 0.3 is 0 Å². The van der Waals surface area contributed by atoms with E-state index in [4.69, 9.17) is 9.47 Å². The van der Waals surface area contributed by atoms with Crippen LogP contribution < -0.4 is 20.1 Å². The zero-order valence-corrected chi connectivity index (χ0v) is 18.6. The first-order chi connectivity index (χ1) is 15.0. The van der Waals surface area contributed by atoms with Crippen LogP contribution in [-0.4, -0.2) is 52.1 Å². The predicted molar refractivity (Wildman–Crippen MR) is 120 cm³/mol. The quantitative estimate of drug-likeness (QED) is 0.345. The van der Waals surface area contributed by atoms with E-state index in [2.05, 4.69) is 26.2 Å². The molecule has 0 aliphatic rings. The van der Waals surface area contributed by atoms with Gasteiger partial charge in [-0.3, -0.25) is 4.79 Å².